The summed E-state index contributed by atoms with van der Waals surface area (Å²) in [6.45, 7) is 28.3. The lowest BCUT2D eigenvalue weighted by Crippen LogP contribution is -2.46. The van der Waals surface area contributed by atoms with Crippen LogP contribution in [-0.2, 0) is 18.9 Å². The van der Waals surface area contributed by atoms with E-state index in [1.54, 1.807) is 0 Å². The molecule has 2 fully saturated rings. The molecule has 2 aliphatic heterocycles. The molecule has 0 spiro atoms. The summed E-state index contributed by atoms with van der Waals surface area (Å²) in [6.07, 6.45) is 15.4. The SMILES string of the molecule is C/C=C\C(C)CC.C=C(C)OCC1(CC)COC1.CCC1(COC2=CC=CCC2C(C)(C)C)COC1. The van der Waals surface area contributed by atoms with Crippen molar-refractivity contribution >= 4 is 0 Å². The van der Waals surface area contributed by atoms with E-state index in [4.69, 9.17) is 18.9 Å². The lowest BCUT2D eigenvalue weighted by molar-refractivity contribution is -0.145. The van der Waals surface area contributed by atoms with Crippen LogP contribution in [0.25, 0.3) is 0 Å². The van der Waals surface area contributed by atoms with Crippen LogP contribution in [0.1, 0.15) is 88.0 Å². The van der Waals surface area contributed by atoms with Gasteiger partial charge in [0.05, 0.1) is 62.0 Å². The quantitative estimate of drug-likeness (QED) is 0.221. The smallest absolute Gasteiger partial charge is 0.0999 e. The second-order valence-electron chi connectivity index (χ2n) is 12.0. The molecule has 3 aliphatic rings. The molecule has 0 amide bonds. The van der Waals surface area contributed by atoms with Crippen LogP contribution < -0.4 is 0 Å². The number of allylic oxidation sites excluding steroid dienone is 7. The van der Waals surface area contributed by atoms with Crippen LogP contribution in [0.5, 0.6) is 0 Å². The van der Waals surface area contributed by atoms with Gasteiger partial charge in [-0.25, -0.2) is 0 Å². The maximum atomic E-state index is 6.15. The van der Waals surface area contributed by atoms with Crippen molar-refractivity contribution in [2.24, 2.45) is 28.1 Å². The Morgan fingerprint density at radius 3 is 2.00 bits per heavy atom. The zero-order chi connectivity index (χ0) is 27.2. The minimum atomic E-state index is 0.256. The van der Waals surface area contributed by atoms with E-state index in [2.05, 4.69) is 92.3 Å². The van der Waals surface area contributed by atoms with Gasteiger partial charge in [-0.15, -0.1) is 0 Å². The maximum absolute atomic E-state index is 6.15. The lowest BCUT2D eigenvalue weighted by atomic mass is 9.76. The molecule has 2 unspecified atom stereocenters. The third-order valence-electron chi connectivity index (χ3n) is 7.62. The average Bonchev–Trinajstić information content (AvgIpc) is 2.79. The average molecular weight is 505 g/mol. The van der Waals surface area contributed by atoms with Gasteiger partial charge >= 0.3 is 0 Å². The van der Waals surface area contributed by atoms with Gasteiger partial charge in [0.25, 0.3) is 0 Å². The van der Waals surface area contributed by atoms with Crippen molar-refractivity contribution in [1.29, 1.82) is 0 Å². The minimum absolute atomic E-state index is 0.256. The first-order valence-corrected chi connectivity index (χ1v) is 14.0. The van der Waals surface area contributed by atoms with Gasteiger partial charge in [-0.1, -0.05) is 85.8 Å². The Balaban J connectivity index is 0.000000306. The van der Waals surface area contributed by atoms with E-state index in [0.717, 1.165) is 76.3 Å². The van der Waals surface area contributed by atoms with Gasteiger partial charge in [0, 0.05) is 5.92 Å². The number of rotatable bonds is 10. The summed E-state index contributed by atoms with van der Waals surface area (Å²) in [5.74, 6) is 3.22. The molecular weight excluding hydrogens is 448 g/mol. The summed E-state index contributed by atoms with van der Waals surface area (Å²) in [4.78, 5) is 0. The van der Waals surface area contributed by atoms with Crippen molar-refractivity contribution < 1.29 is 18.9 Å². The summed E-state index contributed by atoms with van der Waals surface area (Å²) >= 11 is 0. The molecule has 2 atom stereocenters. The zero-order valence-electron chi connectivity index (χ0n) is 25.0. The molecule has 4 heteroatoms. The fourth-order valence-corrected chi connectivity index (χ4v) is 4.08. The van der Waals surface area contributed by atoms with Crippen molar-refractivity contribution in [3.63, 3.8) is 0 Å². The molecule has 0 saturated carbocycles. The van der Waals surface area contributed by atoms with Crippen LogP contribution in [-0.4, -0.2) is 39.6 Å². The molecule has 0 aromatic rings. The van der Waals surface area contributed by atoms with E-state index in [0.29, 0.717) is 11.3 Å². The van der Waals surface area contributed by atoms with E-state index >= 15 is 0 Å². The first kappa shape index (κ1) is 32.5. The number of ether oxygens (including phenoxy) is 4. The van der Waals surface area contributed by atoms with Crippen LogP contribution in [0.15, 0.2) is 48.5 Å². The van der Waals surface area contributed by atoms with Crippen LogP contribution in [0.4, 0.5) is 0 Å². The molecule has 1 aliphatic carbocycles. The number of hydrogen-bond acceptors (Lipinski definition) is 4. The molecule has 0 aromatic heterocycles. The van der Waals surface area contributed by atoms with E-state index < -0.39 is 0 Å². The van der Waals surface area contributed by atoms with E-state index in [9.17, 15) is 0 Å². The van der Waals surface area contributed by atoms with Gasteiger partial charge in [-0.05, 0) is 50.5 Å². The highest BCUT2D eigenvalue weighted by molar-refractivity contribution is 5.18. The Morgan fingerprint density at radius 2 is 1.64 bits per heavy atom. The van der Waals surface area contributed by atoms with Gasteiger partial charge in [0.1, 0.15) is 0 Å². The first-order chi connectivity index (χ1) is 17.0. The largest absolute Gasteiger partial charge is 0.498 e. The summed E-state index contributed by atoms with van der Waals surface area (Å²) in [7, 11) is 0. The topological polar surface area (TPSA) is 36.9 Å². The highest BCUT2D eigenvalue weighted by atomic mass is 16.5. The molecule has 208 valence electrons. The monoisotopic (exact) mass is 504 g/mol. The van der Waals surface area contributed by atoms with Crippen molar-refractivity contribution in [2.75, 3.05) is 39.6 Å². The molecular formula is C32H56O4. The molecule has 2 heterocycles. The third-order valence-corrected chi connectivity index (χ3v) is 7.62. The summed E-state index contributed by atoms with van der Waals surface area (Å²) in [5.41, 5.74) is 0.815. The summed E-state index contributed by atoms with van der Waals surface area (Å²) in [5, 5.41) is 0. The molecule has 0 N–H and O–H groups in total. The normalized spacial score (nSPS) is 22.5. The molecule has 0 radical (unpaired) electrons. The van der Waals surface area contributed by atoms with E-state index in [1.165, 1.54) is 6.42 Å². The fourth-order valence-electron chi connectivity index (χ4n) is 4.08. The molecule has 2 saturated heterocycles. The Hall–Kier alpha value is -1.52. The Bertz CT molecular complexity index is 706. The van der Waals surface area contributed by atoms with Crippen LogP contribution >= 0.6 is 0 Å². The second kappa shape index (κ2) is 15.7. The van der Waals surface area contributed by atoms with E-state index in [-0.39, 0.29) is 10.8 Å². The van der Waals surface area contributed by atoms with Crippen molar-refractivity contribution in [3.05, 3.63) is 48.5 Å². The summed E-state index contributed by atoms with van der Waals surface area (Å²) < 4.78 is 22.0. The predicted molar refractivity (Wildman–Crippen MR) is 153 cm³/mol. The lowest BCUT2D eigenvalue weighted by Gasteiger charge is -2.42. The van der Waals surface area contributed by atoms with Gasteiger partial charge in [0.2, 0.25) is 0 Å². The standard InChI is InChI=1S/C16H26O2.C9H16O2.C7H14/c1-5-16(10-17-11-16)12-18-14-9-7-6-8-13(14)15(2,3)4;1-4-9(5-10-6-9)7-11-8(2)3;1-4-6-7(3)5-2/h6-7,9,13H,5,8,10-12H2,1-4H3;2,4-7H2,1,3H3;4,6-7H,5H2,1-3H3/b;;6-4-. The molecule has 0 aromatic carbocycles. The first-order valence-electron chi connectivity index (χ1n) is 14.0. The third kappa shape index (κ3) is 10.8. The maximum Gasteiger partial charge on any atom is 0.0999 e. The second-order valence-corrected chi connectivity index (χ2v) is 12.0. The van der Waals surface area contributed by atoms with Crippen LogP contribution in [0.3, 0.4) is 0 Å². The van der Waals surface area contributed by atoms with Crippen molar-refractivity contribution in [2.45, 2.75) is 88.0 Å². The molecule has 3 rings (SSSR count). The van der Waals surface area contributed by atoms with Crippen molar-refractivity contribution in [1.82, 2.24) is 0 Å². The molecule has 4 nitrogen and oxygen atoms in total. The Labute approximate surface area is 223 Å². The summed E-state index contributed by atoms with van der Waals surface area (Å²) in [6, 6.07) is 0. The fraction of sp³-hybridized carbons (Fsp3) is 0.750. The Morgan fingerprint density at radius 1 is 1.08 bits per heavy atom. The zero-order valence-corrected chi connectivity index (χ0v) is 25.0. The molecule has 0 bridgehead atoms. The van der Waals surface area contributed by atoms with Crippen LogP contribution in [0.2, 0.25) is 0 Å². The molecule has 36 heavy (non-hydrogen) atoms. The predicted octanol–water partition coefficient (Wildman–Crippen LogP) is 8.51. The van der Waals surface area contributed by atoms with Gasteiger partial charge in [-0.3, -0.25) is 0 Å². The van der Waals surface area contributed by atoms with Crippen molar-refractivity contribution in [3.8, 4) is 0 Å². The van der Waals surface area contributed by atoms with E-state index in [1.807, 2.05) is 6.92 Å². The van der Waals surface area contributed by atoms with Gasteiger partial charge < -0.3 is 18.9 Å². The minimum Gasteiger partial charge on any atom is -0.498 e. The highest BCUT2D eigenvalue weighted by Crippen LogP contribution is 2.39. The Kier molecular flexibility index (Phi) is 14.1. The van der Waals surface area contributed by atoms with Crippen LogP contribution in [0, 0.1) is 28.1 Å². The number of hydrogen-bond donors (Lipinski definition) is 0. The van der Waals surface area contributed by atoms with Gasteiger partial charge in [-0.2, -0.15) is 0 Å². The highest BCUT2D eigenvalue weighted by Gasteiger charge is 2.39. The van der Waals surface area contributed by atoms with Gasteiger partial charge in [0.15, 0.2) is 0 Å².